The lowest BCUT2D eigenvalue weighted by molar-refractivity contribution is -0.134. The van der Waals surface area contributed by atoms with Crippen molar-refractivity contribution in [3.8, 4) is 0 Å². The first-order valence-corrected chi connectivity index (χ1v) is 6.96. The average Bonchev–Trinajstić information content (AvgIpc) is 2.74. The van der Waals surface area contributed by atoms with Crippen LogP contribution in [0.2, 0.25) is 0 Å². The first-order valence-electron chi connectivity index (χ1n) is 6.96. The largest absolute Gasteiger partial charge is 0.295 e. The van der Waals surface area contributed by atoms with E-state index in [2.05, 4.69) is 5.32 Å². The summed E-state index contributed by atoms with van der Waals surface area (Å²) in [7, 11) is 0. The van der Waals surface area contributed by atoms with E-state index in [0.29, 0.717) is 22.0 Å². The minimum atomic E-state index is -0.789. The molecule has 2 aromatic rings. The van der Waals surface area contributed by atoms with E-state index in [0.717, 1.165) is 0 Å². The van der Waals surface area contributed by atoms with Gasteiger partial charge in [0.25, 0.3) is 5.91 Å². The number of imide groups is 1. The fraction of sp³-hybridized carbons (Fsp3) is 0.188. The van der Waals surface area contributed by atoms with Crippen molar-refractivity contribution in [2.75, 3.05) is 4.90 Å². The summed E-state index contributed by atoms with van der Waals surface area (Å²) in [6, 6.07) is 6.92. The van der Waals surface area contributed by atoms with Gasteiger partial charge in [-0.2, -0.15) is 0 Å². The minimum absolute atomic E-state index is 0.162. The van der Waals surface area contributed by atoms with Gasteiger partial charge in [0.1, 0.15) is 11.9 Å². The quantitative estimate of drug-likeness (QED) is 0.816. The highest BCUT2D eigenvalue weighted by Gasteiger charge is 2.40. The van der Waals surface area contributed by atoms with Crippen molar-refractivity contribution in [2.45, 2.75) is 18.9 Å². The van der Waals surface area contributed by atoms with Crippen LogP contribution in [-0.2, 0) is 9.59 Å². The second kappa shape index (κ2) is 4.37. The van der Waals surface area contributed by atoms with Crippen LogP contribution >= 0.6 is 0 Å². The number of anilines is 1. The zero-order chi connectivity index (χ0) is 15.4. The number of rotatable bonds is 1. The van der Waals surface area contributed by atoms with Gasteiger partial charge in [-0.25, -0.2) is 4.39 Å². The van der Waals surface area contributed by atoms with Gasteiger partial charge in [-0.05, 0) is 30.0 Å². The number of piperidine rings is 1. The molecule has 22 heavy (non-hydrogen) atoms. The minimum Gasteiger partial charge on any atom is -0.295 e. The first-order chi connectivity index (χ1) is 10.6. The lowest BCUT2D eigenvalue weighted by Crippen LogP contribution is -2.53. The second-order valence-electron chi connectivity index (χ2n) is 5.47. The number of halogens is 1. The van der Waals surface area contributed by atoms with Crippen molar-refractivity contribution in [3.05, 3.63) is 41.7 Å². The van der Waals surface area contributed by atoms with Gasteiger partial charge in [-0.15, -0.1) is 0 Å². The Morgan fingerprint density at radius 2 is 2.00 bits per heavy atom. The molecule has 0 bridgehead atoms. The van der Waals surface area contributed by atoms with Gasteiger partial charge in [-0.1, -0.05) is 12.1 Å². The summed E-state index contributed by atoms with van der Waals surface area (Å²) in [6.45, 7) is 0. The third kappa shape index (κ3) is 1.67. The Kier molecular flexibility index (Phi) is 2.57. The Morgan fingerprint density at radius 3 is 2.77 bits per heavy atom. The Morgan fingerprint density at radius 1 is 1.18 bits per heavy atom. The third-order valence-electron chi connectivity index (χ3n) is 4.15. The summed E-state index contributed by atoms with van der Waals surface area (Å²) in [6.07, 6.45) is 0.400. The molecule has 1 saturated heterocycles. The molecule has 0 spiro atoms. The number of hydrogen-bond donors (Lipinski definition) is 1. The molecule has 0 radical (unpaired) electrons. The fourth-order valence-corrected chi connectivity index (χ4v) is 3.21. The Bertz CT molecular complexity index is 862. The number of amides is 3. The van der Waals surface area contributed by atoms with Gasteiger partial charge in [0.2, 0.25) is 11.8 Å². The SMILES string of the molecule is O=C1CCC(N2C(=O)c3cccc4cc(F)cc2c34)C(=O)N1. The van der Waals surface area contributed by atoms with Crippen molar-refractivity contribution in [1.82, 2.24) is 5.32 Å². The standard InChI is InChI=1S/C16H11FN2O3/c17-9-6-8-2-1-3-10-14(8)12(7-9)19(16(10)22)11-4-5-13(20)18-15(11)21/h1-3,6-7,11H,4-5H2,(H,18,20,21). The third-order valence-corrected chi connectivity index (χ3v) is 4.15. The maximum atomic E-state index is 13.8. The lowest BCUT2D eigenvalue weighted by Gasteiger charge is -2.30. The number of hydrogen-bond acceptors (Lipinski definition) is 3. The van der Waals surface area contributed by atoms with Gasteiger partial charge in [0, 0.05) is 17.4 Å². The highest BCUT2D eigenvalue weighted by Crippen LogP contribution is 2.40. The highest BCUT2D eigenvalue weighted by molar-refractivity contribution is 6.27. The molecule has 110 valence electrons. The van der Waals surface area contributed by atoms with Crippen LogP contribution in [0.25, 0.3) is 10.8 Å². The predicted octanol–water partition coefficient (Wildman–Crippen LogP) is 1.74. The molecule has 2 heterocycles. The Labute approximate surface area is 124 Å². The molecule has 1 unspecified atom stereocenters. The summed E-state index contributed by atoms with van der Waals surface area (Å²) in [5.41, 5.74) is 0.849. The van der Waals surface area contributed by atoms with Crippen molar-refractivity contribution in [3.63, 3.8) is 0 Å². The Balaban J connectivity index is 1.89. The zero-order valence-corrected chi connectivity index (χ0v) is 11.4. The molecule has 1 fully saturated rings. The maximum absolute atomic E-state index is 13.8. The number of nitrogens with one attached hydrogen (secondary N) is 1. The number of carbonyl (C=O) groups excluding carboxylic acids is 3. The molecular formula is C16H11FN2O3. The van der Waals surface area contributed by atoms with Gasteiger partial charge < -0.3 is 0 Å². The van der Waals surface area contributed by atoms with E-state index in [1.54, 1.807) is 18.2 Å². The summed E-state index contributed by atoms with van der Waals surface area (Å²) >= 11 is 0. The molecule has 2 aromatic carbocycles. The van der Waals surface area contributed by atoms with Crippen molar-refractivity contribution in [2.24, 2.45) is 0 Å². The van der Waals surface area contributed by atoms with Crippen LogP contribution in [-0.4, -0.2) is 23.8 Å². The summed E-state index contributed by atoms with van der Waals surface area (Å²) in [5, 5.41) is 3.51. The summed E-state index contributed by atoms with van der Waals surface area (Å²) < 4.78 is 13.8. The second-order valence-corrected chi connectivity index (χ2v) is 5.47. The molecule has 3 amide bonds. The molecular weight excluding hydrogens is 287 g/mol. The zero-order valence-electron chi connectivity index (χ0n) is 11.4. The van der Waals surface area contributed by atoms with Crippen LogP contribution in [0.3, 0.4) is 0 Å². The highest BCUT2D eigenvalue weighted by atomic mass is 19.1. The van der Waals surface area contributed by atoms with Crippen LogP contribution < -0.4 is 10.2 Å². The van der Waals surface area contributed by atoms with Crippen LogP contribution in [0, 0.1) is 5.82 Å². The average molecular weight is 298 g/mol. The van der Waals surface area contributed by atoms with E-state index in [-0.39, 0.29) is 24.7 Å². The molecule has 5 nitrogen and oxygen atoms in total. The van der Waals surface area contributed by atoms with E-state index in [1.807, 2.05) is 0 Å². The summed E-state index contributed by atoms with van der Waals surface area (Å²) in [4.78, 5) is 37.3. The molecule has 2 aliphatic heterocycles. The molecule has 4 rings (SSSR count). The molecule has 0 saturated carbocycles. The van der Waals surface area contributed by atoms with Crippen LogP contribution in [0.4, 0.5) is 10.1 Å². The molecule has 0 aliphatic carbocycles. The van der Waals surface area contributed by atoms with E-state index in [9.17, 15) is 18.8 Å². The van der Waals surface area contributed by atoms with E-state index in [4.69, 9.17) is 0 Å². The van der Waals surface area contributed by atoms with Crippen LogP contribution in [0.1, 0.15) is 23.2 Å². The number of carbonyl (C=O) groups is 3. The fourth-order valence-electron chi connectivity index (χ4n) is 3.21. The monoisotopic (exact) mass is 298 g/mol. The molecule has 1 N–H and O–H groups in total. The predicted molar refractivity (Wildman–Crippen MR) is 76.9 cm³/mol. The molecule has 2 aliphatic rings. The van der Waals surface area contributed by atoms with Crippen LogP contribution in [0.5, 0.6) is 0 Å². The molecule has 6 heteroatoms. The van der Waals surface area contributed by atoms with E-state index >= 15 is 0 Å². The van der Waals surface area contributed by atoms with Crippen LogP contribution in [0.15, 0.2) is 30.3 Å². The van der Waals surface area contributed by atoms with Gasteiger partial charge >= 0.3 is 0 Å². The van der Waals surface area contributed by atoms with Gasteiger partial charge in [-0.3, -0.25) is 24.6 Å². The number of nitrogens with zero attached hydrogens (tertiary/aromatic N) is 1. The molecule has 0 aromatic heterocycles. The van der Waals surface area contributed by atoms with Crippen molar-refractivity contribution in [1.29, 1.82) is 0 Å². The van der Waals surface area contributed by atoms with E-state index < -0.39 is 17.8 Å². The van der Waals surface area contributed by atoms with Gasteiger partial charge in [0.05, 0.1) is 5.69 Å². The maximum Gasteiger partial charge on any atom is 0.259 e. The Hall–Kier alpha value is -2.76. The van der Waals surface area contributed by atoms with Gasteiger partial charge in [0.15, 0.2) is 0 Å². The van der Waals surface area contributed by atoms with Crippen molar-refractivity contribution < 1.29 is 18.8 Å². The summed E-state index contributed by atoms with van der Waals surface area (Å²) in [5.74, 6) is -1.67. The lowest BCUT2D eigenvalue weighted by atomic mass is 10.0. The first kappa shape index (κ1) is 12.9. The number of benzene rings is 2. The van der Waals surface area contributed by atoms with E-state index in [1.165, 1.54) is 17.0 Å². The normalized spacial score (nSPS) is 20.7. The molecule has 1 atom stereocenters. The van der Waals surface area contributed by atoms with Crippen molar-refractivity contribution >= 4 is 34.2 Å². The smallest absolute Gasteiger partial charge is 0.259 e. The topological polar surface area (TPSA) is 66.5 Å².